The first-order valence-corrected chi connectivity index (χ1v) is 6.14. The van der Waals surface area contributed by atoms with Crippen LogP contribution in [0.25, 0.3) is 10.8 Å². The molecule has 0 radical (unpaired) electrons. The van der Waals surface area contributed by atoms with Crippen molar-refractivity contribution in [2.45, 2.75) is 12.5 Å². The lowest BCUT2D eigenvalue weighted by Gasteiger charge is -2.20. The standard InChI is InChI=1S/C15H14N2O/c16-9-11-5-6-15(17-8-7-12(18)10-17)14-4-2-1-3-13(11)14/h1-6,12,18H,7-8,10H2/t12-/m1/s1. The highest BCUT2D eigenvalue weighted by atomic mass is 16.3. The van der Waals surface area contributed by atoms with Gasteiger partial charge in [0.25, 0.3) is 0 Å². The number of nitrogens with zero attached hydrogens (tertiary/aromatic N) is 2. The van der Waals surface area contributed by atoms with Gasteiger partial charge < -0.3 is 10.0 Å². The number of fused-ring (bicyclic) bond motifs is 1. The molecule has 1 aliphatic heterocycles. The molecule has 3 heteroatoms. The van der Waals surface area contributed by atoms with Crippen LogP contribution in [0.4, 0.5) is 5.69 Å². The van der Waals surface area contributed by atoms with Crippen LogP contribution in [0.3, 0.4) is 0 Å². The molecule has 1 N–H and O–H groups in total. The summed E-state index contributed by atoms with van der Waals surface area (Å²) in [5.41, 5.74) is 1.82. The van der Waals surface area contributed by atoms with E-state index < -0.39 is 0 Å². The third kappa shape index (κ3) is 1.71. The lowest BCUT2D eigenvalue weighted by molar-refractivity contribution is 0.198. The fourth-order valence-electron chi connectivity index (χ4n) is 2.62. The Hall–Kier alpha value is -2.05. The molecule has 18 heavy (non-hydrogen) atoms. The lowest BCUT2D eigenvalue weighted by Crippen LogP contribution is -2.21. The molecule has 0 aromatic heterocycles. The van der Waals surface area contributed by atoms with Crippen molar-refractivity contribution in [3.63, 3.8) is 0 Å². The van der Waals surface area contributed by atoms with Crippen molar-refractivity contribution in [2.24, 2.45) is 0 Å². The Morgan fingerprint density at radius 3 is 2.61 bits per heavy atom. The molecule has 2 aromatic carbocycles. The van der Waals surface area contributed by atoms with E-state index in [2.05, 4.69) is 11.0 Å². The number of anilines is 1. The number of β-amino-alcohol motifs (C(OH)–C–C–N with tert-alkyl or cyclic N) is 1. The average Bonchev–Trinajstić information content (AvgIpc) is 2.84. The molecular formula is C15H14N2O. The molecule has 1 atom stereocenters. The van der Waals surface area contributed by atoms with E-state index >= 15 is 0 Å². The predicted octanol–water partition coefficient (Wildman–Crippen LogP) is 2.28. The Morgan fingerprint density at radius 1 is 1.17 bits per heavy atom. The molecule has 0 spiro atoms. The summed E-state index contributed by atoms with van der Waals surface area (Å²) < 4.78 is 0. The van der Waals surface area contributed by atoms with Gasteiger partial charge in [-0.2, -0.15) is 5.26 Å². The van der Waals surface area contributed by atoms with Gasteiger partial charge in [0.05, 0.1) is 17.7 Å². The highest BCUT2D eigenvalue weighted by Crippen LogP contribution is 2.31. The van der Waals surface area contributed by atoms with Crippen LogP contribution in [-0.2, 0) is 0 Å². The number of benzene rings is 2. The maximum atomic E-state index is 9.64. The van der Waals surface area contributed by atoms with E-state index in [1.165, 1.54) is 0 Å². The molecule has 1 fully saturated rings. The zero-order valence-electron chi connectivity index (χ0n) is 10.0. The second-order valence-electron chi connectivity index (χ2n) is 4.68. The largest absolute Gasteiger partial charge is 0.391 e. The summed E-state index contributed by atoms with van der Waals surface area (Å²) >= 11 is 0. The molecule has 0 amide bonds. The number of aliphatic hydroxyl groups excluding tert-OH is 1. The first kappa shape index (κ1) is 11.1. The van der Waals surface area contributed by atoms with Crippen LogP contribution >= 0.6 is 0 Å². The Bertz CT molecular complexity index is 630. The Balaban J connectivity index is 2.17. The SMILES string of the molecule is N#Cc1ccc(N2CC[C@@H](O)C2)c2ccccc12. The fraction of sp³-hybridized carbons (Fsp3) is 0.267. The summed E-state index contributed by atoms with van der Waals surface area (Å²) in [6.45, 7) is 1.55. The minimum absolute atomic E-state index is 0.237. The molecule has 90 valence electrons. The third-order valence-electron chi connectivity index (χ3n) is 3.53. The van der Waals surface area contributed by atoms with E-state index in [4.69, 9.17) is 5.26 Å². The molecule has 2 aromatic rings. The van der Waals surface area contributed by atoms with Crippen molar-refractivity contribution >= 4 is 16.5 Å². The number of hydrogen-bond donors (Lipinski definition) is 1. The monoisotopic (exact) mass is 238 g/mol. The van der Waals surface area contributed by atoms with Gasteiger partial charge in [0.2, 0.25) is 0 Å². The highest BCUT2D eigenvalue weighted by Gasteiger charge is 2.22. The molecule has 0 aliphatic carbocycles. The first-order chi connectivity index (χ1) is 8.79. The van der Waals surface area contributed by atoms with Gasteiger partial charge in [-0.3, -0.25) is 0 Å². The van der Waals surface area contributed by atoms with E-state index in [0.29, 0.717) is 12.1 Å². The van der Waals surface area contributed by atoms with Crippen LogP contribution in [0.2, 0.25) is 0 Å². The summed E-state index contributed by atoms with van der Waals surface area (Å²) in [6, 6.07) is 14.0. The summed E-state index contributed by atoms with van der Waals surface area (Å²) in [5.74, 6) is 0. The quantitative estimate of drug-likeness (QED) is 0.829. The van der Waals surface area contributed by atoms with Crippen LogP contribution in [-0.4, -0.2) is 24.3 Å². The van der Waals surface area contributed by atoms with Crippen LogP contribution in [0.5, 0.6) is 0 Å². The molecule has 1 heterocycles. The van der Waals surface area contributed by atoms with Gasteiger partial charge in [-0.05, 0) is 18.6 Å². The molecule has 0 saturated carbocycles. The van der Waals surface area contributed by atoms with Gasteiger partial charge >= 0.3 is 0 Å². The minimum atomic E-state index is -0.237. The van der Waals surface area contributed by atoms with Crippen molar-refractivity contribution in [1.29, 1.82) is 5.26 Å². The first-order valence-electron chi connectivity index (χ1n) is 6.14. The predicted molar refractivity (Wildman–Crippen MR) is 71.5 cm³/mol. The maximum Gasteiger partial charge on any atom is 0.0998 e. The summed E-state index contributed by atoms with van der Waals surface area (Å²) in [6.07, 6.45) is 0.577. The van der Waals surface area contributed by atoms with Crippen molar-refractivity contribution in [3.05, 3.63) is 42.0 Å². The van der Waals surface area contributed by atoms with Gasteiger partial charge in [0, 0.05) is 29.5 Å². The van der Waals surface area contributed by atoms with E-state index in [0.717, 1.165) is 29.4 Å². The van der Waals surface area contributed by atoms with Crippen LogP contribution in [0.15, 0.2) is 36.4 Å². The van der Waals surface area contributed by atoms with Crippen molar-refractivity contribution in [3.8, 4) is 6.07 Å². The van der Waals surface area contributed by atoms with Gasteiger partial charge in [-0.25, -0.2) is 0 Å². The van der Waals surface area contributed by atoms with Crippen molar-refractivity contribution in [1.82, 2.24) is 0 Å². The fourth-order valence-corrected chi connectivity index (χ4v) is 2.62. The second kappa shape index (κ2) is 4.32. The van der Waals surface area contributed by atoms with Gasteiger partial charge in [-0.15, -0.1) is 0 Å². The number of aliphatic hydroxyl groups is 1. The van der Waals surface area contributed by atoms with Gasteiger partial charge in [0.1, 0.15) is 0 Å². The zero-order chi connectivity index (χ0) is 12.5. The smallest absolute Gasteiger partial charge is 0.0998 e. The lowest BCUT2D eigenvalue weighted by atomic mass is 10.0. The molecule has 1 aliphatic rings. The summed E-state index contributed by atoms with van der Waals surface area (Å²) in [7, 11) is 0. The van der Waals surface area contributed by atoms with Gasteiger partial charge in [-0.1, -0.05) is 24.3 Å². The van der Waals surface area contributed by atoms with Crippen LogP contribution in [0.1, 0.15) is 12.0 Å². The maximum absolute atomic E-state index is 9.64. The van der Waals surface area contributed by atoms with Crippen LogP contribution in [0, 0.1) is 11.3 Å². The minimum Gasteiger partial charge on any atom is -0.391 e. The van der Waals surface area contributed by atoms with Crippen molar-refractivity contribution in [2.75, 3.05) is 18.0 Å². The highest BCUT2D eigenvalue weighted by molar-refractivity contribution is 5.97. The van der Waals surface area contributed by atoms with E-state index in [-0.39, 0.29) is 6.10 Å². The van der Waals surface area contributed by atoms with Gasteiger partial charge in [0.15, 0.2) is 0 Å². The summed E-state index contributed by atoms with van der Waals surface area (Å²) in [4.78, 5) is 2.19. The normalized spacial score (nSPS) is 19.1. The molecule has 0 unspecified atom stereocenters. The third-order valence-corrected chi connectivity index (χ3v) is 3.53. The van der Waals surface area contributed by atoms with Crippen molar-refractivity contribution < 1.29 is 5.11 Å². The van der Waals surface area contributed by atoms with E-state index in [9.17, 15) is 5.11 Å². The molecule has 3 nitrogen and oxygen atoms in total. The average molecular weight is 238 g/mol. The number of hydrogen-bond acceptors (Lipinski definition) is 3. The summed E-state index contributed by atoms with van der Waals surface area (Å²) in [5, 5.41) is 20.8. The Kier molecular flexibility index (Phi) is 2.66. The number of rotatable bonds is 1. The Morgan fingerprint density at radius 2 is 1.94 bits per heavy atom. The second-order valence-corrected chi connectivity index (χ2v) is 4.68. The zero-order valence-corrected chi connectivity index (χ0v) is 10.0. The Labute approximate surface area is 106 Å². The van der Waals surface area contributed by atoms with Crippen LogP contribution < -0.4 is 4.90 Å². The molecule has 0 bridgehead atoms. The van der Waals surface area contributed by atoms with E-state index in [1.807, 2.05) is 36.4 Å². The number of nitriles is 1. The molecule has 3 rings (SSSR count). The van der Waals surface area contributed by atoms with E-state index in [1.54, 1.807) is 0 Å². The molecular weight excluding hydrogens is 224 g/mol. The molecule has 1 saturated heterocycles. The topological polar surface area (TPSA) is 47.3 Å².